The Hall–Kier alpha value is -1.17. The first-order valence-electron chi connectivity index (χ1n) is 5.33. The number of carbonyl (C=O) groups is 1. The number of hydrogen-bond acceptors (Lipinski definition) is 2. The van der Waals surface area contributed by atoms with Crippen LogP contribution in [0.2, 0.25) is 0 Å². The average molecular weight is 278 g/mol. The molecule has 0 saturated heterocycles. The Bertz CT molecular complexity index is 455. The summed E-state index contributed by atoms with van der Waals surface area (Å²) in [4.78, 5) is 11.1. The van der Waals surface area contributed by atoms with Gasteiger partial charge in [0.05, 0.1) is 11.1 Å². The fraction of sp³-hybridized carbons (Fsp3) is 0.417. The van der Waals surface area contributed by atoms with Crippen molar-refractivity contribution in [2.75, 3.05) is 6.26 Å². The number of rotatable bonds is 4. The molecule has 0 bridgehead atoms. The minimum atomic E-state index is -4.46. The molecule has 0 spiro atoms. The highest BCUT2D eigenvalue weighted by molar-refractivity contribution is 7.98. The maximum atomic E-state index is 12.8. The third kappa shape index (κ3) is 2.98. The van der Waals surface area contributed by atoms with Crippen molar-refractivity contribution in [1.82, 2.24) is 0 Å². The Kier molecular flexibility index (Phi) is 4.67. The van der Waals surface area contributed by atoms with Gasteiger partial charge in [0.25, 0.3) is 0 Å². The van der Waals surface area contributed by atoms with E-state index in [1.54, 1.807) is 6.92 Å². The minimum Gasteiger partial charge on any atom is -0.478 e. The molecule has 1 aromatic carbocycles. The van der Waals surface area contributed by atoms with Crippen LogP contribution in [-0.2, 0) is 12.6 Å². The minimum absolute atomic E-state index is 0.0178. The number of carboxylic acid groups (broad SMARTS) is 1. The average Bonchev–Trinajstić information content (AvgIpc) is 2.27. The van der Waals surface area contributed by atoms with Gasteiger partial charge in [0.2, 0.25) is 0 Å². The summed E-state index contributed by atoms with van der Waals surface area (Å²) in [5.74, 6) is -1.19. The summed E-state index contributed by atoms with van der Waals surface area (Å²) in [6.45, 7) is 1.80. The van der Waals surface area contributed by atoms with Crippen LogP contribution < -0.4 is 0 Å². The fourth-order valence-corrected chi connectivity index (χ4v) is 2.64. The van der Waals surface area contributed by atoms with Crippen LogP contribution in [0.5, 0.6) is 0 Å². The van der Waals surface area contributed by atoms with Crippen LogP contribution in [0.3, 0.4) is 0 Å². The van der Waals surface area contributed by atoms with Gasteiger partial charge in [-0.3, -0.25) is 0 Å². The van der Waals surface area contributed by atoms with Gasteiger partial charge in [0.1, 0.15) is 0 Å². The molecule has 0 aliphatic rings. The highest BCUT2D eigenvalue weighted by Crippen LogP contribution is 2.39. The van der Waals surface area contributed by atoms with Gasteiger partial charge < -0.3 is 5.11 Å². The number of halogens is 3. The fourth-order valence-electron chi connectivity index (χ4n) is 1.78. The standard InChI is InChI=1S/C12H13F3O2S/c1-3-4-7-8(11(16)17)5-6-9(10(7)18-2)12(13,14)15/h5-6H,3-4H2,1-2H3,(H,16,17). The predicted molar refractivity (Wildman–Crippen MR) is 64.2 cm³/mol. The molecular formula is C12H13F3O2S. The summed E-state index contributed by atoms with van der Waals surface area (Å²) in [5.41, 5.74) is -0.537. The van der Waals surface area contributed by atoms with Gasteiger partial charge in [-0.1, -0.05) is 13.3 Å². The van der Waals surface area contributed by atoms with E-state index in [2.05, 4.69) is 0 Å². The summed E-state index contributed by atoms with van der Waals surface area (Å²) < 4.78 is 38.5. The second-order valence-corrected chi connectivity index (χ2v) is 4.54. The van der Waals surface area contributed by atoms with E-state index in [1.807, 2.05) is 0 Å². The lowest BCUT2D eigenvalue weighted by atomic mass is 9.99. The molecular weight excluding hydrogens is 265 g/mol. The van der Waals surface area contributed by atoms with Gasteiger partial charge in [0.15, 0.2) is 0 Å². The van der Waals surface area contributed by atoms with E-state index in [4.69, 9.17) is 5.11 Å². The molecule has 0 saturated carbocycles. The highest BCUT2D eigenvalue weighted by Gasteiger charge is 2.35. The molecule has 18 heavy (non-hydrogen) atoms. The Morgan fingerprint density at radius 1 is 1.39 bits per heavy atom. The summed E-state index contributed by atoms with van der Waals surface area (Å²) in [7, 11) is 0. The normalized spacial score (nSPS) is 11.6. The van der Waals surface area contributed by atoms with E-state index in [1.165, 1.54) is 6.26 Å². The molecule has 2 nitrogen and oxygen atoms in total. The highest BCUT2D eigenvalue weighted by atomic mass is 32.2. The molecule has 0 radical (unpaired) electrons. The van der Waals surface area contributed by atoms with Crippen molar-refractivity contribution in [2.24, 2.45) is 0 Å². The molecule has 0 heterocycles. The number of alkyl halides is 3. The molecule has 0 amide bonds. The number of aromatic carboxylic acids is 1. The second kappa shape index (κ2) is 5.65. The van der Waals surface area contributed by atoms with Gasteiger partial charge in [-0.05, 0) is 30.4 Å². The van der Waals surface area contributed by atoms with Crippen LogP contribution in [0, 0.1) is 0 Å². The lowest BCUT2D eigenvalue weighted by molar-refractivity contribution is -0.139. The summed E-state index contributed by atoms with van der Waals surface area (Å²) >= 11 is 0.937. The molecule has 6 heteroatoms. The van der Waals surface area contributed by atoms with Crippen molar-refractivity contribution in [3.63, 3.8) is 0 Å². The number of thioether (sulfide) groups is 1. The molecule has 0 atom stereocenters. The molecule has 100 valence electrons. The van der Waals surface area contributed by atoms with Gasteiger partial charge in [0, 0.05) is 4.90 Å². The maximum absolute atomic E-state index is 12.8. The van der Waals surface area contributed by atoms with Crippen LogP contribution >= 0.6 is 11.8 Å². The number of benzene rings is 1. The van der Waals surface area contributed by atoms with Crippen molar-refractivity contribution in [3.8, 4) is 0 Å². The quantitative estimate of drug-likeness (QED) is 0.843. The van der Waals surface area contributed by atoms with E-state index in [0.29, 0.717) is 12.8 Å². The van der Waals surface area contributed by atoms with Crippen molar-refractivity contribution >= 4 is 17.7 Å². The summed E-state index contributed by atoms with van der Waals surface area (Å²) in [6, 6.07) is 1.88. The van der Waals surface area contributed by atoms with E-state index in [0.717, 1.165) is 23.9 Å². The Morgan fingerprint density at radius 3 is 2.39 bits per heavy atom. The third-order valence-electron chi connectivity index (χ3n) is 2.50. The SMILES string of the molecule is CCCc1c(C(=O)O)ccc(C(F)(F)F)c1SC. The molecule has 1 N–H and O–H groups in total. The Morgan fingerprint density at radius 2 is 2.00 bits per heavy atom. The maximum Gasteiger partial charge on any atom is 0.417 e. The van der Waals surface area contributed by atoms with Crippen LogP contribution in [0.1, 0.15) is 34.8 Å². The van der Waals surface area contributed by atoms with E-state index < -0.39 is 17.7 Å². The lowest BCUT2D eigenvalue weighted by Gasteiger charge is -2.17. The van der Waals surface area contributed by atoms with Crippen LogP contribution in [0.4, 0.5) is 13.2 Å². The molecule has 0 aromatic heterocycles. The number of hydrogen-bond donors (Lipinski definition) is 1. The van der Waals surface area contributed by atoms with E-state index in [-0.39, 0.29) is 16.0 Å². The van der Waals surface area contributed by atoms with E-state index in [9.17, 15) is 18.0 Å². The summed E-state index contributed by atoms with van der Waals surface area (Å²) in [6.07, 6.45) is -2.02. The molecule has 0 aliphatic heterocycles. The predicted octanol–water partition coefficient (Wildman–Crippen LogP) is 4.08. The van der Waals surface area contributed by atoms with Gasteiger partial charge >= 0.3 is 12.1 Å². The second-order valence-electron chi connectivity index (χ2n) is 3.73. The topological polar surface area (TPSA) is 37.3 Å². The first-order chi connectivity index (χ1) is 8.32. The van der Waals surface area contributed by atoms with Gasteiger partial charge in [-0.2, -0.15) is 13.2 Å². The summed E-state index contributed by atoms with van der Waals surface area (Å²) in [5, 5.41) is 9.02. The zero-order chi connectivity index (χ0) is 13.9. The van der Waals surface area contributed by atoms with Gasteiger partial charge in [-0.25, -0.2) is 4.79 Å². The Balaban J connectivity index is 3.52. The molecule has 0 fully saturated rings. The van der Waals surface area contributed by atoms with Crippen LogP contribution in [0.25, 0.3) is 0 Å². The molecule has 0 aliphatic carbocycles. The van der Waals surface area contributed by atoms with Crippen molar-refractivity contribution in [1.29, 1.82) is 0 Å². The smallest absolute Gasteiger partial charge is 0.417 e. The lowest BCUT2D eigenvalue weighted by Crippen LogP contribution is -2.12. The van der Waals surface area contributed by atoms with Crippen molar-refractivity contribution in [2.45, 2.75) is 30.8 Å². The molecule has 1 rings (SSSR count). The van der Waals surface area contributed by atoms with Crippen LogP contribution in [0.15, 0.2) is 17.0 Å². The zero-order valence-corrected chi connectivity index (χ0v) is 10.8. The largest absolute Gasteiger partial charge is 0.478 e. The first-order valence-corrected chi connectivity index (χ1v) is 6.55. The van der Waals surface area contributed by atoms with Gasteiger partial charge in [-0.15, -0.1) is 11.8 Å². The molecule has 1 aromatic rings. The zero-order valence-electron chi connectivity index (χ0n) is 9.97. The van der Waals surface area contributed by atoms with Crippen molar-refractivity contribution < 1.29 is 23.1 Å². The molecule has 0 unspecified atom stereocenters. The third-order valence-corrected chi connectivity index (χ3v) is 3.37. The monoisotopic (exact) mass is 278 g/mol. The van der Waals surface area contributed by atoms with Crippen molar-refractivity contribution in [3.05, 3.63) is 28.8 Å². The Labute approximate surface area is 107 Å². The van der Waals surface area contributed by atoms with Crippen LogP contribution in [-0.4, -0.2) is 17.3 Å². The first kappa shape index (κ1) is 14.9. The number of carboxylic acids is 1. The van der Waals surface area contributed by atoms with E-state index >= 15 is 0 Å².